The first-order valence-electron chi connectivity index (χ1n) is 26.1. The van der Waals surface area contributed by atoms with E-state index in [0.717, 1.165) is 89.9 Å². The third kappa shape index (κ3) is 14.6. The number of nitrogens with one attached hydrogen (secondary N) is 1. The fourth-order valence-corrected chi connectivity index (χ4v) is 11.4. The molecule has 0 radical (unpaired) electrons. The molecule has 72 heavy (non-hydrogen) atoms. The van der Waals surface area contributed by atoms with Crippen molar-refractivity contribution in [3.63, 3.8) is 0 Å². The molecule has 1 spiro atoms. The van der Waals surface area contributed by atoms with Gasteiger partial charge in [-0.05, 0) is 113 Å². The Morgan fingerprint density at radius 2 is 1.03 bits per heavy atom. The molecule has 4 aromatic rings. The van der Waals surface area contributed by atoms with Crippen molar-refractivity contribution in [1.82, 2.24) is 5.32 Å². The summed E-state index contributed by atoms with van der Waals surface area (Å²) in [4.78, 5) is 69.6. The highest BCUT2D eigenvalue weighted by Crippen LogP contribution is 2.48. The van der Waals surface area contributed by atoms with Gasteiger partial charge in [-0.1, -0.05) is 136 Å². The third-order valence-corrected chi connectivity index (χ3v) is 15.0. The molecule has 9 rings (SSSR count). The van der Waals surface area contributed by atoms with Crippen LogP contribution in [0.15, 0.2) is 97.1 Å². The van der Waals surface area contributed by atoms with E-state index in [-0.39, 0.29) is 60.6 Å². The number of fused-ring (bicyclic) bond motifs is 6. The molecule has 13 nitrogen and oxygen atoms in total. The highest BCUT2D eigenvalue weighted by molar-refractivity contribution is 5.89. The minimum atomic E-state index is -0.853. The van der Waals surface area contributed by atoms with Gasteiger partial charge in [0.1, 0.15) is 13.2 Å². The van der Waals surface area contributed by atoms with Gasteiger partial charge < -0.3 is 34.5 Å². The van der Waals surface area contributed by atoms with Crippen LogP contribution >= 0.6 is 0 Å². The number of hydrogen-bond donors (Lipinski definition) is 3. The summed E-state index contributed by atoms with van der Waals surface area (Å²) in [6, 6.07) is 33.2. The average Bonchev–Trinajstić information content (AvgIpc) is 4.16. The average molecular weight is 986 g/mol. The van der Waals surface area contributed by atoms with Crippen LogP contribution in [0.1, 0.15) is 163 Å². The molecule has 2 saturated carbocycles. The van der Waals surface area contributed by atoms with Crippen molar-refractivity contribution < 1.29 is 57.9 Å². The predicted octanol–water partition coefficient (Wildman–Crippen LogP) is 11.4. The Morgan fingerprint density at radius 3 is 1.54 bits per heavy atom. The Hall–Kier alpha value is -6.34. The first-order valence-corrected chi connectivity index (χ1v) is 26.1. The monoisotopic (exact) mass is 985 g/mol. The van der Waals surface area contributed by atoms with Gasteiger partial charge in [-0.15, -0.1) is 0 Å². The lowest BCUT2D eigenvalue weighted by Gasteiger charge is -2.30. The third-order valence-electron chi connectivity index (χ3n) is 15.0. The lowest BCUT2D eigenvalue weighted by molar-refractivity contribution is -0.169. The van der Waals surface area contributed by atoms with Gasteiger partial charge in [0.15, 0.2) is 0 Å². The molecule has 1 amide bonds. The van der Waals surface area contributed by atoms with Gasteiger partial charge in [0, 0.05) is 31.4 Å². The van der Waals surface area contributed by atoms with E-state index >= 15 is 0 Å². The maximum absolute atomic E-state index is 12.2. The van der Waals surface area contributed by atoms with Crippen molar-refractivity contribution in [2.45, 2.75) is 140 Å². The molecular formula is C59H71NO12. The molecule has 5 aliphatic rings. The summed E-state index contributed by atoms with van der Waals surface area (Å²) in [6.07, 6.45) is 14.8. The first-order chi connectivity index (χ1) is 35.0. The summed E-state index contributed by atoms with van der Waals surface area (Å²) in [6.45, 7) is 1.73. The molecule has 0 bridgehead atoms. The van der Waals surface area contributed by atoms with Crippen LogP contribution in [0.5, 0.6) is 0 Å². The van der Waals surface area contributed by atoms with Crippen molar-refractivity contribution >= 4 is 35.9 Å². The molecule has 4 aromatic carbocycles. The number of carboxylic acids is 1. The zero-order valence-electron chi connectivity index (χ0n) is 41.5. The molecular weight excluding hydrogens is 915 g/mol. The van der Waals surface area contributed by atoms with Gasteiger partial charge in [0.2, 0.25) is 0 Å². The molecule has 0 aromatic heterocycles. The number of aliphatic hydroxyl groups is 1. The van der Waals surface area contributed by atoms with E-state index in [9.17, 15) is 28.8 Å². The van der Waals surface area contributed by atoms with E-state index in [1.165, 1.54) is 44.5 Å². The van der Waals surface area contributed by atoms with Crippen LogP contribution in [-0.4, -0.2) is 79.1 Å². The second-order valence-electron chi connectivity index (χ2n) is 20.2. The van der Waals surface area contributed by atoms with Crippen molar-refractivity contribution in [3.8, 4) is 22.3 Å². The molecule has 4 aliphatic carbocycles. The van der Waals surface area contributed by atoms with Crippen molar-refractivity contribution in [3.05, 3.63) is 119 Å². The van der Waals surface area contributed by atoms with E-state index in [1.807, 2.05) is 36.4 Å². The number of carbonyl (C=O) groups excluding carboxylic acids is 5. The number of unbranched alkanes of at least 4 members (excludes halogenated alkanes) is 5. The molecule has 0 atom stereocenters. The molecule has 13 heteroatoms. The molecule has 1 aliphatic heterocycles. The number of esters is 4. The summed E-state index contributed by atoms with van der Waals surface area (Å²) >= 11 is 0. The number of carboxylic acid groups (broad SMARTS) is 1. The SMILES string of the molecule is O=C(CCCCCCO)OCC1c2ccccc2-c2ccccc21.O=C(O)CC1(CC(=O)OCCCCCNC(=O)OCC2c3ccccc3-c3ccccc32)CCCC1.O=C1CC2(CCCC2)CC(=O)O1. The van der Waals surface area contributed by atoms with E-state index in [0.29, 0.717) is 52.0 Å². The Kier molecular flexibility index (Phi) is 19.6. The number of ether oxygens (including phenoxy) is 4. The van der Waals surface area contributed by atoms with E-state index in [1.54, 1.807) is 0 Å². The van der Waals surface area contributed by atoms with Crippen LogP contribution in [0.4, 0.5) is 4.79 Å². The Labute approximate surface area is 423 Å². The topological polar surface area (TPSA) is 192 Å². The smallest absolute Gasteiger partial charge is 0.407 e. The lowest BCUT2D eigenvalue weighted by atomic mass is 9.78. The van der Waals surface area contributed by atoms with E-state index in [2.05, 4.69) is 70.7 Å². The van der Waals surface area contributed by atoms with Gasteiger partial charge in [0.05, 0.1) is 32.3 Å². The minimum absolute atomic E-state index is 0.00752. The summed E-state index contributed by atoms with van der Waals surface area (Å²) in [7, 11) is 0. The quantitative estimate of drug-likeness (QED) is 0.0329. The number of amides is 1. The Morgan fingerprint density at radius 1 is 0.556 bits per heavy atom. The minimum Gasteiger partial charge on any atom is -0.481 e. The van der Waals surface area contributed by atoms with Gasteiger partial charge in [-0.2, -0.15) is 0 Å². The summed E-state index contributed by atoms with van der Waals surface area (Å²) in [5, 5.41) is 20.7. The number of alkyl carbamates (subject to hydrolysis) is 1. The maximum atomic E-state index is 12.2. The van der Waals surface area contributed by atoms with Gasteiger partial charge in [-0.25, -0.2) is 4.79 Å². The number of carbonyl (C=O) groups is 6. The fourth-order valence-electron chi connectivity index (χ4n) is 11.4. The van der Waals surface area contributed by atoms with Crippen LogP contribution in [0.2, 0.25) is 0 Å². The number of aliphatic hydroxyl groups excluding tert-OH is 1. The fraction of sp³-hybridized carbons (Fsp3) is 0.492. The van der Waals surface area contributed by atoms with Crippen molar-refractivity contribution in [2.24, 2.45) is 10.8 Å². The standard InChI is InChI=1S/C29H35NO6.C21H24O3.C9H12O3/c31-26(32)18-29(14-6-7-15-29)19-27(33)35-17-9-1-8-16-30-28(34)36-20-25-23-12-4-2-10-21(23)22-11-3-5-13-24(22)25;22-14-8-2-1-3-13-21(23)24-15-20-18-11-6-4-9-16(18)17-10-5-7-12-19(17)20;10-7-5-9(3-1-2-4-9)6-8(11)12-7/h2-5,10-13,25H,1,6-9,14-20H2,(H,30,34)(H,31,32);4-7,9-12,20,22H,1-3,8,13-15H2;1-6H2. The molecule has 0 unspecified atom stereocenters. The molecule has 1 heterocycles. The molecule has 3 N–H and O–H groups in total. The Balaban J connectivity index is 0.000000180. The zero-order chi connectivity index (χ0) is 50.8. The predicted molar refractivity (Wildman–Crippen MR) is 272 cm³/mol. The highest BCUT2D eigenvalue weighted by Gasteiger charge is 2.43. The number of aliphatic carboxylic acids is 1. The second-order valence-corrected chi connectivity index (χ2v) is 20.2. The van der Waals surface area contributed by atoms with Crippen molar-refractivity contribution in [2.75, 3.05) is 33.0 Å². The summed E-state index contributed by atoms with van der Waals surface area (Å²) < 4.78 is 20.9. The number of cyclic esters (lactones) is 2. The molecule has 384 valence electrons. The van der Waals surface area contributed by atoms with Crippen molar-refractivity contribution in [1.29, 1.82) is 0 Å². The van der Waals surface area contributed by atoms with Gasteiger partial charge in [0.25, 0.3) is 0 Å². The Bertz CT molecular complexity index is 2380. The maximum Gasteiger partial charge on any atom is 0.407 e. The lowest BCUT2D eigenvalue weighted by Crippen LogP contribution is -2.33. The normalized spacial score (nSPS) is 16.7. The highest BCUT2D eigenvalue weighted by atomic mass is 16.6. The summed E-state index contributed by atoms with van der Waals surface area (Å²) in [5.74, 6) is -1.77. The van der Waals surface area contributed by atoms with Gasteiger partial charge in [-0.3, -0.25) is 24.0 Å². The summed E-state index contributed by atoms with van der Waals surface area (Å²) in [5.41, 5.74) is 9.31. The van der Waals surface area contributed by atoms with Crippen LogP contribution < -0.4 is 5.32 Å². The number of hydrogen-bond acceptors (Lipinski definition) is 11. The van der Waals surface area contributed by atoms with Crippen LogP contribution in [0, 0.1) is 10.8 Å². The van der Waals surface area contributed by atoms with E-state index in [4.69, 9.17) is 24.4 Å². The first kappa shape index (κ1) is 53.5. The van der Waals surface area contributed by atoms with E-state index < -0.39 is 17.5 Å². The van der Waals surface area contributed by atoms with Crippen LogP contribution in [-0.2, 0) is 42.9 Å². The molecule has 3 fully saturated rings. The zero-order valence-corrected chi connectivity index (χ0v) is 41.5. The number of benzene rings is 4. The molecule has 1 saturated heterocycles. The second kappa shape index (κ2) is 26.4. The van der Waals surface area contributed by atoms with Crippen LogP contribution in [0.3, 0.4) is 0 Å². The number of rotatable bonds is 20. The largest absolute Gasteiger partial charge is 0.481 e. The van der Waals surface area contributed by atoms with Crippen LogP contribution in [0.25, 0.3) is 22.3 Å². The van der Waals surface area contributed by atoms with Gasteiger partial charge >= 0.3 is 35.9 Å².